The molecule has 42 heavy (non-hydrogen) atoms. The molecule has 0 N–H and O–H groups in total. The van der Waals surface area contributed by atoms with Crippen molar-refractivity contribution in [3.05, 3.63) is 22.7 Å². The van der Waals surface area contributed by atoms with Gasteiger partial charge in [-0.1, -0.05) is 82.6 Å². The molecule has 1 aliphatic rings. The van der Waals surface area contributed by atoms with Gasteiger partial charge in [-0.05, 0) is 72.9 Å². The molecule has 0 aromatic rings. The number of ether oxygens (including phenoxy) is 1. The van der Waals surface area contributed by atoms with Gasteiger partial charge in [-0.15, -0.1) is 11.8 Å². The molecule has 2 unspecified atom stereocenters. The van der Waals surface area contributed by atoms with E-state index in [0.717, 1.165) is 17.3 Å². The van der Waals surface area contributed by atoms with Gasteiger partial charge in [-0.3, -0.25) is 9.59 Å². The van der Waals surface area contributed by atoms with Crippen LogP contribution in [-0.4, -0.2) is 47.7 Å². The van der Waals surface area contributed by atoms with Crippen LogP contribution >= 0.6 is 15.9 Å². The molecule has 5 nitrogen and oxygen atoms in total. The maximum atomic E-state index is 13.6. The maximum absolute atomic E-state index is 13.6. The molecule has 0 bridgehead atoms. The van der Waals surface area contributed by atoms with Crippen molar-refractivity contribution in [2.75, 3.05) is 7.11 Å². The highest BCUT2D eigenvalue weighted by Crippen LogP contribution is 2.44. The first-order valence-electron chi connectivity index (χ1n) is 15.5. The predicted octanol–water partition coefficient (Wildman–Crippen LogP) is 9.59. The molecule has 0 heterocycles. The Morgan fingerprint density at radius 2 is 1.69 bits per heavy atom. The monoisotopic (exact) mass is 682 g/mol. The third kappa shape index (κ3) is 11.8. The molecular weight excluding hydrogens is 624 g/mol. The second-order valence-corrected chi connectivity index (χ2v) is 25.5. The molecule has 0 aromatic carbocycles. The highest BCUT2D eigenvalue weighted by Gasteiger charge is 2.47. The Bertz CT molecular complexity index is 1020. The number of rotatable bonds is 14. The van der Waals surface area contributed by atoms with E-state index >= 15 is 0 Å². The Kier molecular flexibility index (Phi) is 15.2. The summed E-state index contributed by atoms with van der Waals surface area (Å²) in [6.45, 7) is 26.7. The van der Waals surface area contributed by atoms with Crippen LogP contribution in [0.25, 0.3) is 0 Å². The van der Waals surface area contributed by atoms with Crippen molar-refractivity contribution in [1.82, 2.24) is 0 Å². The largest absolute Gasteiger partial charge is 0.469 e. The fourth-order valence-electron chi connectivity index (χ4n) is 4.52. The molecule has 8 heteroatoms. The van der Waals surface area contributed by atoms with Crippen molar-refractivity contribution >= 4 is 44.3 Å². The third-order valence-corrected chi connectivity index (χ3v) is 19.1. The van der Waals surface area contributed by atoms with Crippen LogP contribution in [0, 0.1) is 29.6 Å². The van der Waals surface area contributed by atoms with Crippen molar-refractivity contribution in [2.24, 2.45) is 17.8 Å². The molecule has 0 spiro atoms. The van der Waals surface area contributed by atoms with E-state index in [9.17, 15) is 9.59 Å². The number of Topliss-reactive ketones (excluding diaryl/α,β-unsaturated/α-hetero) is 1. The number of ketones is 1. The smallest absolute Gasteiger partial charge is 0.305 e. The van der Waals surface area contributed by atoms with Crippen LogP contribution in [0.15, 0.2) is 22.7 Å². The number of hydrogen-bond acceptors (Lipinski definition) is 5. The second kappa shape index (κ2) is 16.4. The van der Waals surface area contributed by atoms with Crippen LogP contribution in [0.5, 0.6) is 0 Å². The van der Waals surface area contributed by atoms with Crippen molar-refractivity contribution in [3.63, 3.8) is 0 Å². The zero-order valence-corrected chi connectivity index (χ0v) is 32.4. The van der Waals surface area contributed by atoms with Crippen molar-refractivity contribution in [1.29, 1.82) is 0 Å². The Balaban J connectivity index is 3.40. The fourth-order valence-corrected chi connectivity index (χ4v) is 7.80. The summed E-state index contributed by atoms with van der Waals surface area (Å²) in [6, 6.07) is 0. The molecule has 0 aliphatic heterocycles. The first kappa shape index (κ1) is 39.0. The quantitative estimate of drug-likeness (QED) is 0.0600. The Morgan fingerprint density at radius 3 is 2.21 bits per heavy atom. The summed E-state index contributed by atoms with van der Waals surface area (Å²) in [5.41, 5.74) is 0. The van der Waals surface area contributed by atoms with E-state index in [0.29, 0.717) is 25.7 Å². The van der Waals surface area contributed by atoms with Gasteiger partial charge in [0.15, 0.2) is 16.6 Å². The lowest BCUT2D eigenvalue weighted by atomic mass is 9.89. The molecular formula is C34H59BrO5Si2. The minimum absolute atomic E-state index is 0.0439. The molecule has 0 aromatic heterocycles. The van der Waals surface area contributed by atoms with Gasteiger partial charge in [0.1, 0.15) is 5.78 Å². The summed E-state index contributed by atoms with van der Waals surface area (Å²) in [5.74, 6) is 6.34. The van der Waals surface area contributed by atoms with Crippen molar-refractivity contribution in [2.45, 2.75) is 142 Å². The summed E-state index contributed by atoms with van der Waals surface area (Å²) in [7, 11) is -2.75. The van der Waals surface area contributed by atoms with E-state index < -0.39 is 16.6 Å². The van der Waals surface area contributed by atoms with Gasteiger partial charge in [0, 0.05) is 31.1 Å². The van der Waals surface area contributed by atoms with E-state index in [1.165, 1.54) is 7.11 Å². The number of allylic oxidation sites excluding steroid dienone is 2. The lowest BCUT2D eigenvalue weighted by Gasteiger charge is -2.40. The zero-order valence-electron chi connectivity index (χ0n) is 28.8. The lowest BCUT2D eigenvalue weighted by Crippen LogP contribution is -2.45. The van der Waals surface area contributed by atoms with Crippen LogP contribution in [0.4, 0.5) is 0 Å². The van der Waals surface area contributed by atoms with Crippen LogP contribution in [0.1, 0.15) is 93.9 Å². The minimum atomic E-state index is -2.11. The standard InChI is InChI=1S/C34H59BrO5Si2/c1-14-15-18-25(2)30(39-41(10,11)33(3,4)5)22-21-27-28(23-26(35)19-16-17-20-32(37)38-9)29(36)24-31(27)40-42(12,13)34(6,7)8/h19,21-22,25,27-28,30-31H,16-18,20,23-24H2,1-13H3/b22-21+,26-19-/t25?,27-,28?,30-,31-/m1/s1. The molecule has 1 aliphatic carbocycles. The van der Waals surface area contributed by atoms with Crippen LogP contribution in [-0.2, 0) is 23.2 Å². The maximum Gasteiger partial charge on any atom is 0.305 e. The number of esters is 1. The Labute approximate surface area is 268 Å². The number of hydrogen-bond donors (Lipinski definition) is 0. The normalized spacial score (nSPS) is 22.2. The number of carbonyl (C=O) groups is 2. The van der Waals surface area contributed by atoms with Crippen LogP contribution in [0.3, 0.4) is 0 Å². The SMILES string of the molecule is CC#CCC(C)[C@@H](/C=C/[C@@H]1C(C/C(Br)=C/CCCC(=O)OC)C(=O)C[C@H]1O[Si](C)(C)C(C)(C)C)O[Si](C)(C)C(C)(C)C. The summed E-state index contributed by atoms with van der Waals surface area (Å²) < 4.78 is 19.6. The molecule has 0 radical (unpaired) electrons. The Hall–Kier alpha value is -0.986. The molecule has 0 amide bonds. The molecule has 240 valence electrons. The second-order valence-electron chi connectivity index (χ2n) is 14.9. The summed E-state index contributed by atoms with van der Waals surface area (Å²) in [5, 5.41) is 0.127. The van der Waals surface area contributed by atoms with E-state index in [1.807, 2.05) is 6.92 Å². The third-order valence-electron chi connectivity index (χ3n) is 9.48. The van der Waals surface area contributed by atoms with Gasteiger partial charge in [0.2, 0.25) is 0 Å². The molecule has 5 atom stereocenters. The van der Waals surface area contributed by atoms with Gasteiger partial charge >= 0.3 is 5.97 Å². The lowest BCUT2D eigenvalue weighted by molar-refractivity contribution is -0.140. The summed E-state index contributed by atoms with van der Waals surface area (Å²) in [4.78, 5) is 25.0. The van der Waals surface area contributed by atoms with E-state index in [1.54, 1.807) is 0 Å². The van der Waals surface area contributed by atoms with Gasteiger partial charge < -0.3 is 13.6 Å². The van der Waals surface area contributed by atoms with E-state index in [4.69, 9.17) is 13.6 Å². The van der Waals surface area contributed by atoms with Gasteiger partial charge in [-0.2, -0.15) is 0 Å². The number of carbonyl (C=O) groups excluding carboxylic acids is 2. The molecule has 1 fully saturated rings. The highest BCUT2D eigenvalue weighted by molar-refractivity contribution is 9.11. The fraction of sp³-hybridized carbons (Fsp3) is 0.765. The number of unbranched alkanes of at least 4 members (excludes halogenated alkanes) is 1. The minimum Gasteiger partial charge on any atom is -0.469 e. The number of methoxy groups -OCH3 is 1. The average molecular weight is 684 g/mol. The Morgan fingerprint density at radius 1 is 1.10 bits per heavy atom. The summed E-state index contributed by atoms with van der Waals surface area (Å²) in [6.07, 6.45) is 9.96. The molecule has 1 rings (SSSR count). The van der Waals surface area contributed by atoms with Gasteiger partial charge in [0.25, 0.3) is 0 Å². The van der Waals surface area contributed by atoms with Crippen LogP contribution < -0.4 is 0 Å². The van der Waals surface area contributed by atoms with Crippen LogP contribution in [0.2, 0.25) is 36.3 Å². The highest BCUT2D eigenvalue weighted by atomic mass is 79.9. The van der Waals surface area contributed by atoms with Crippen molar-refractivity contribution < 1.29 is 23.2 Å². The van der Waals surface area contributed by atoms with E-state index in [-0.39, 0.29) is 51.8 Å². The van der Waals surface area contributed by atoms with Gasteiger partial charge in [0.05, 0.1) is 19.3 Å². The first-order valence-corrected chi connectivity index (χ1v) is 22.2. The topological polar surface area (TPSA) is 61.8 Å². The van der Waals surface area contributed by atoms with Gasteiger partial charge in [-0.25, -0.2) is 0 Å². The van der Waals surface area contributed by atoms with Crippen molar-refractivity contribution in [3.8, 4) is 11.8 Å². The first-order chi connectivity index (χ1) is 19.2. The average Bonchev–Trinajstić information content (AvgIpc) is 3.13. The zero-order chi connectivity index (χ0) is 32.5. The van der Waals surface area contributed by atoms with E-state index in [2.05, 4.69) is 121 Å². The molecule has 0 saturated heterocycles. The predicted molar refractivity (Wildman–Crippen MR) is 185 cm³/mol. The number of halogens is 1. The summed E-state index contributed by atoms with van der Waals surface area (Å²) >= 11 is 3.74. The molecule has 1 saturated carbocycles.